The molecule has 4 heterocycles. The summed E-state index contributed by atoms with van der Waals surface area (Å²) in [6, 6.07) is 11.3. The van der Waals surface area contributed by atoms with Crippen molar-refractivity contribution < 1.29 is 19.1 Å². The molecule has 2 aromatic carbocycles. The van der Waals surface area contributed by atoms with Crippen molar-refractivity contribution in [3.63, 3.8) is 0 Å². The van der Waals surface area contributed by atoms with E-state index in [2.05, 4.69) is 26.1 Å². The predicted molar refractivity (Wildman–Crippen MR) is 141 cm³/mol. The Morgan fingerprint density at radius 2 is 2.00 bits per heavy atom. The molecule has 2 saturated heterocycles. The fourth-order valence-corrected chi connectivity index (χ4v) is 6.53. The first-order valence-corrected chi connectivity index (χ1v) is 13.3. The average molecular weight is 566 g/mol. The molecule has 0 unspecified atom stereocenters. The minimum absolute atomic E-state index is 0.00146. The van der Waals surface area contributed by atoms with Crippen LogP contribution in [0.5, 0.6) is 0 Å². The number of anilines is 1. The van der Waals surface area contributed by atoms with Gasteiger partial charge in [-0.15, -0.1) is 0 Å². The minimum Gasteiger partial charge on any atom is -0.381 e. The molecule has 192 valence electrons. The lowest BCUT2D eigenvalue weighted by molar-refractivity contribution is -0.134. The Bertz CT molecular complexity index is 1390. The molecule has 9 nitrogen and oxygen atoms in total. The van der Waals surface area contributed by atoms with Crippen LogP contribution in [0.1, 0.15) is 28.8 Å². The minimum atomic E-state index is -0.763. The SMILES string of the molecule is CN(CC1COC1)C(=O)CN1C(=O)C2(CCN(C(=O)c3ccc4[nH]ncc4c3)CC2)c2c(Br)cccc21. The van der Waals surface area contributed by atoms with Gasteiger partial charge in [0.2, 0.25) is 11.8 Å². The monoisotopic (exact) mass is 565 g/mol. The number of fused-ring (bicyclic) bond motifs is 3. The van der Waals surface area contributed by atoms with E-state index in [1.165, 1.54) is 0 Å². The Balaban J connectivity index is 1.21. The van der Waals surface area contributed by atoms with Crippen molar-refractivity contribution in [2.24, 2.45) is 5.92 Å². The van der Waals surface area contributed by atoms with Crippen molar-refractivity contribution in [3.05, 3.63) is 58.2 Å². The number of aromatic amines is 1. The molecule has 1 N–H and O–H groups in total. The molecule has 2 fully saturated rings. The smallest absolute Gasteiger partial charge is 0.253 e. The molecular formula is C27H28BrN5O4. The summed E-state index contributed by atoms with van der Waals surface area (Å²) < 4.78 is 6.09. The first kappa shape index (κ1) is 24.1. The van der Waals surface area contributed by atoms with Gasteiger partial charge in [0, 0.05) is 59.3 Å². The van der Waals surface area contributed by atoms with Crippen LogP contribution in [0.2, 0.25) is 0 Å². The van der Waals surface area contributed by atoms with E-state index < -0.39 is 5.41 Å². The quantitative estimate of drug-likeness (QED) is 0.512. The van der Waals surface area contributed by atoms with Crippen LogP contribution in [0, 0.1) is 5.92 Å². The maximum absolute atomic E-state index is 14.0. The topological polar surface area (TPSA) is 98.8 Å². The summed E-state index contributed by atoms with van der Waals surface area (Å²) in [5.41, 5.74) is 2.43. The Morgan fingerprint density at radius 3 is 2.73 bits per heavy atom. The molecule has 0 atom stereocenters. The van der Waals surface area contributed by atoms with Crippen LogP contribution in [-0.2, 0) is 19.7 Å². The molecule has 0 aliphatic carbocycles. The lowest BCUT2D eigenvalue weighted by atomic mass is 9.73. The first-order chi connectivity index (χ1) is 17.9. The van der Waals surface area contributed by atoms with E-state index in [9.17, 15) is 14.4 Å². The number of nitrogens with zero attached hydrogens (tertiary/aromatic N) is 4. The predicted octanol–water partition coefficient (Wildman–Crippen LogP) is 2.95. The van der Waals surface area contributed by atoms with E-state index >= 15 is 0 Å². The van der Waals surface area contributed by atoms with Crippen molar-refractivity contribution in [2.75, 3.05) is 51.3 Å². The van der Waals surface area contributed by atoms with Gasteiger partial charge in [0.1, 0.15) is 6.54 Å². The van der Waals surface area contributed by atoms with E-state index in [0.29, 0.717) is 57.2 Å². The van der Waals surface area contributed by atoms with E-state index in [1.54, 1.807) is 29.1 Å². The van der Waals surface area contributed by atoms with Crippen LogP contribution in [0.3, 0.4) is 0 Å². The highest BCUT2D eigenvalue weighted by atomic mass is 79.9. The van der Waals surface area contributed by atoms with Gasteiger partial charge < -0.3 is 19.4 Å². The van der Waals surface area contributed by atoms with Gasteiger partial charge in [0.15, 0.2) is 0 Å². The summed E-state index contributed by atoms with van der Waals surface area (Å²) >= 11 is 3.68. The number of hydrogen-bond acceptors (Lipinski definition) is 5. The highest BCUT2D eigenvalue weighted by Crippen LogP contribution is 2.51. The third-order valence-corrected chi connectivity index (χ3v) is 8.63. The average Bonchev–Trinajstić information content (AvgIpc) is 3.44. The third-order valence-electron chi connectivity index (χ3n) is 7.97. The Hall–Kier alpha value is -3.24. The van der Waals surface area contributed by atoms with Crippen LogP contribution in [0.25, 0.3) is 10.9 Å². The van der Waals surface area contributed by atoms with E-state index in [1.807, 2.05) is 35.2 Å². The summed E-state index contributed by atoms with van der Waals surface area (Å²) in [6.45, 7) is 2.88. The van der Waals surface area contributed by atoms with Gasteiger partial charge in [-0.3, -0.25) is 19.5 Å². The van der Waals surface area contributed by atoms with Crippen LogP contribution in [-0.4, -0.2) is 84.2 Å². The lowest BCUT2D eigenvalue weighted by Crippen LogP contribution is -2.52. The number of piperidine rings is 1. The number of nitrogens with one attached hydrogen (secondary N) is 1. The molecule has 3 aliphatic heterocycles. The zero-order chi connectivity index (χ0) is 25.7. The fraction of sp³-hybridized carbons (Fsp3) is 0.407. The second-order valence-electron chi connectivity index (χ2n) is 10.2. The number of benzene rings is 2. The van der Waals surface area contributed by atoms with Crippen LogP contribution >= 0.6 is 15.9 Å². The fourth-order valence-electron chi connectivity index (χ4n) is 5.79. The number of ether oxygens (including phenoxy) is 1. The molecule has 1 spiro atoms. The standard InChI is InChI=1S/C27H28BrN5O4/c1-31(13-17-15-37-16-17)23(34)14-33-22-4-2-3-20(28)24(22)27(26(33)36)7-9-32(10-8-27)25(35)18-5-6-21-19(11-18)12-29-30-21/h2-6,11-12,17H,7-10,13-16H2,1H3,(H,29,30). The Morgan fingerprint density at radius 1 is 1.22 bits per heavy atom. The largest absolute Gasteiger partial charge is 0.381 e. The van der Waals surface area contributed by atoms with Crippen molar-refractivity contribution in [3.8, 4) is 0 Å². The van der Waals surface area contributed by atoms with Gasteiger partial charge in [-0.05, 0) is 43.2 Å². The molecule has 0 radical (unpaired) electrons. The second-order valence-corrected chi connectivity index (χ2v) is 11.1. The molecule has 10 heteroatoms. The number of carbonyl (C=O) groups excluding carboxylic acids is 3. The number of halogens is 1. The Labute approximate surface area is 222 Å². The number of hydrogen-bond donors (Lipinski definition) is 1. The van der Waals surface area contributed by atoms with Crippen molar-refractivity contribution in [1.29, 1.82) is 0 Å². The summed E-state index contributed by atoms with van der Waals surface area (Å²) in [6.07, 6.45) is 2.71. The van der Waals surface area contributed by atoms with Gasteiger partial charge in [-0.2, -0.15) is 5.10 Å². The number of aromatic nitrogens is 2. The van der Waals surface area contributed by atoms with Crippen LogP contribution < -0.4 is 4.90 Å². The van der Waals surface area contributed by atoms with E-state index in [4.69, 9.17) is 4.74 Å². The molecule has 0 saturated carbocycles. The summed E-state index contributed by atoms with van der Waals surface area (Å²) in [4.78, 5) is 45.5. The van der Waals surface area contributed by atoms with E-state index in [0.717, 1.165) is 26.6 Å². The molecule has 1 aromatic heterocycles. The summed E-state index contributed by atoms with van der Waals surface area (Å²) in [5.74, 6) is 0.150. The normalized spacial score (nSPS) is 18.8. The van der Waals surface area contributed by atoms with Gasteiger partial charge in [-0.1, -0.05) is 22.0 Å². The van der Waals surface area contributed by atoms with Gasteiger partial charge in [0.05, 0.1) is 30.3 Å². The number of likely N-dealkylation sites (tertiary alicyclic amines) is 1. The second kappa shape index (κ2) is 9.25. The molecular weight excluding hydrogens is 538 g/mol. The van der Waals surface area contributed by atoms with E-state index in [-0.39, 0.29) is 24.3 Å². The highest BCUT2D eigenvalue weighted by molar-refractivity contribution is 9.10. The third kappa shape index (κ3) is 4.02. The van der Waals surface area contributed by atoms with Crippen molar-refractivity contribution in [2.45, 2.75) is 18.3 Å². The highest BCUT2D eigenvalue weighted by Gasteiger charge is 2.53. The van der Waals surface area contributed by atoms with Crippen LogP contribution in [0.4, 0.5) is 5.69 Å². The van der Waals surface area contributed by atoms with Gasteiger partial charge in [-0.25, -0.2) is 0 Å². The number of H-pyrrole nitrogens is 1. The van der Waals surface area contributed by atoms with Gasteiger partial charge >= 0.3 is 0 Å². The Kier molecular flexibility index (Phi) is 6.03. The lowest BCUT2D eigenvalue weighted by Gasteiger charge is -2.39. The number of amides is 3. The van der Waals surface area contributed by atoms with Crippen LogP contribution in [0.15, 0.2) is 47.1 Å². The zero-order valence-corrected chi connectivity index (χ0v) is 22.2. The number of rotatable bonds is 5. The number of carbonyl (C=O) groups is 3. The summed E-state index contributed by atoms with van der Waals surface area (Å²) in [7, 11) is 1.78. The molecule has 6 rings (SSSR count). The van der Waals surface area contributed by atoms with Gasteiger partial charge in [0.25, 0.3) is 5.91 Å². The molecule has 37 heavy (non-hydrogen) atoms. The van der Waals surface area contributed by atoms with Crippen molar-refractivity contribution >= 4 is 50.2 Å². The molecule has 3 aliphatic rings. The zero-order valence-electron chi connectivity index (χ0n) is 20.6. The number of likely N-dealkylation sites (N-methyl/N-ethyl adjacent to an activating group) is 1. The summed E-state index contributed by atoms with van der Waals surface area (Å²) in [5, 5.41) is 7.82. The maximum atomic E-state index is 14.0. The first-order valence-electron chi connectivity index (χ1n) is 12.5. The molecule has 0 bridgehead atoms. The molecule has 3 amide bonds. The maximum Gasteiger partial charge on any atom is 0.253 e. The van der Waals surface area contributed by atoms with Crippen molar-refractivity contribution in [1.82, 2.24) is 20.0 Å². The molecule has 3 aromatic rings.